The molecule has 12 nitrogen and oxygen atoms in total. The standard InChI is InChI=1S/C21H21FN2O2.C19H17FN2O2.C11H12FNO.C10H11NO/c1-21(12-19(25)24(2)18-11-15(22)7-8-17(18)21)20(26)23-16-9-13-5-3-4-6-14(13)10-16;20-13-5-6-15-16(10-18(23)22-17(15)9-13)19(24)21-14-7-11-3-1-2-4-12(11)8-14;1-7-5-11(14)13(2)10-6-8(12)3-4-9(7)10;12-7-11-10-5-8-3-1-2-4-9(8)6-10/h3-8,11,16H,9-10,12H2,1-2H3,(H,23,26);1-6,9,14,16H,7-8,10H2,(H,21,24)(H,22,23);3-4,6-7H,5H2,1-2H3;1-4,7,10H,5-6H2,(H,11,12). The topological polar surface area (TPSA) is 157 Å². The molecule has 0 radical (unpaired) electrons. The van der Waals surface area contributed by atoms with Crippen molar-refractivity contribution in [1.29, 1.82) is 0 Å². The second-order valence-corrected chi connectivity index (χ2v) is 20.8. The van der Waals surface area contributed by atoms with Gasteiger partial charge in [0, 0.05) is 62.9 Å². The number of anilines is 3. The van der Waals surface area contributed by atoms with Gasteiger partial charge >= 0.3 is 0 Å². The molecule has 0 bridgehead atoms. The molecule has 6 amide bonds. The third-order valence-corrected chi connectivity index (χ3v) is 15.5. The van der Waals surface area contributed by atoms with Crippen molar-refractivity contribution >= 4 is 53.0 Å². The highest BCUT2D eigenvalue weighted by Gasteiger charge is 2.45. The van der Waals surface area contributed by atoms with Gasteiger partial charge in [0.1, 0.15) is 17.5 Å². The lowest BCUT2D eigenvalue weighted by atomic mass is 9.74. The lowest BCUT2D eigenvalue weighted by Gasteiger charge is -2.38. The molecule has 15 heteroatoms. The molecule has 0 spiro atoms. The van der Waals surface area contributed by atoms with Crippen molar-refractivity contribution in [3.63, 3.8) is 0 Å². The Labute approximate surface area is 440 Å². The Morgan fingerprint density at radius 3 is 1.58 bits per heavy atom. The van der Waals surface area contributed by atoms with E-state index in [9.17, 15) is 41.9 Å². The molecule has 6 aromatic rings. The predicted octanol–water partition coefficient (Wildman–Crippen LogP) is 8.46. The van der Waals surface area contributed by atoms with Crippen molar-refractivity contribution in [2.75, 3.05) is 29.2 Å². The normalized spacial score (nSPS) is 20.0. The number of rotatable bonds is 6. The molecule has 392 valence electrons. The Morgan fingerprint density at radius 1 is 0.579 bits per heavy atom. The fraction of sp³-hybridized carbons (Fsp3) is 0.311. The first-order valence-corrected chi connectivity index (χ1v) is 25.7. The monoisotopic (exact) mass is 1030 g/mol. The van der Waals surface area contributed by atoms with Gasteiger partial charge in [-0.3, -0.25) is 28.8 Å². The molecule has 3 aliphatic carbocycles. The van der Waals surface area contributed by atoms with Gasteiger partial charge in [-0.2, -0.15) is 0 Å². The molecule has 6 aliphatic rings. The van der Waals surface area contributed by atoms with Gasteiger partial charge < -0.3 is 31.1 Å². The highest BCUT2D eigenvalue weighted by molar-refractivity contribution is 6.05. The van der Waals surface area contributed by atoms with Gasteiger partial charge in [0.15, 0.2) is 0 Å². The van der Waals surface area contributed by atoms with Crippen LogP contribution in [0.15, 0.2) is 127 Å². The number of carbonyl (C=O) groups excluding carboxylic acids is 6. The van der Waals surface area contributed by atoms with E-state index in [1.54, 1.807) is 39.2 Å². The number of nitrogens with zero attached hydrogens (tertiary/aromatic N) is 2. The van der Waals surface area contributed by atoms with Gasteiger partial charge in [-0.1, -0.05) is 97.9 Å². The molecule has 3 unspecified atom stereocenters. The van der Waals surface area contributed by atoms with E-state index in [-0.39, 0.29) is 66.2 Å². The van der Waals surface area contributed by atoms with Crippen LogP contribution in [0.5, 0.6) is 0 Å². The van der Waals surface area contributed by atoms with Gasteiger partial charge in [0.2, 0.25) is 35.9 Å². The number of hydrogen-bond donors (Lipinski definition) is 4. The highest BCUT2D eigenvalue weighted by atomic mass is 19.1. The fourth-order valence-corrected chi connectivity index (χ4v) is 11.4. The smallest absolute Gasteiger partial charge is 0.231 e. The summed E-state index contributed by atoms with van der Waals surface area (Å²) in [6, 6.07) is 38.1. The molecule has 6 aromatic carbocycles. The Kier molecular flexibility index (Phi) is 15.6. The van der Waals surface area contributed by atoms with E-state index >= 15 is 0 Å². The lowest BCUT2D eigenvalue weighted by molar-refractivity contribution is -0.131. The zero-order chi connectivity index (χ0) is 53.8. The summed E-state index contributed by atoms with van der Waals surface area (Å²) in [6.07, 6.45) is 6.62. The average molecular weight is 1030 g/mol. The van der Waals surface area contributed by atoms with E-state index < -0.39 is 23.0 Å². The van der Waals surface area contributed by atoms with Crippen molar-refractivity contribution in [1.82, 2.24) is 16.0 Å². The molecular formula is C61H61F3N6O6. The highest BCUT2D eigenvalue weighted by Crippen LogP contribution is 2.41. The minimum Gasteiger partial charge on any atom is -0.355 e. The maximum absolute atomic E-state index is 13.7. The number of fused-ring (bicyclic) bond motifs is 6. The van der Waals surface area contributed by atoms with Crippen molar-refractivity contribution in [2.45, 2.75) is 107 Å². The minimum atomic E-state index is -0.999. The molecule has 4 N–H and O–H groups in total. The summed E-state index contributed by atoms with van der Waals surface area (Å²) >= 11 is 0. The predicted molar refractivity (Wildman–Crippen MR) is 285 cm³/mol. The van der Waals surface area contributed by atoms with Crippen LogP contribution in [-0.4, -0.2) is 68.2 Å². The summed E-state index contributed by atoms with van der Waals surface area (Å²) in [5.74, 6) is -2.26. The van der Waals surface area contributed by atoms with E-state index in [1.165, 1.54) is 79.6 Å². The lowest BCUT2D eigenvalue weighted by Crippen LogP contribution is -2.52. The first-order valence-electron chi connectivity index (χ1n) is 25.7. The van der Waals surface area contributed by atoms with Crippen LogP contribution in [0, 0.1) is 17.5 Å². The molecule has 0 fully saturated rings. The molecular weight excluding hydrogens is 970 g/mol. The summed E-state index contributed by atoms with van der Waals surface area (Å²) < 4.78 is 40.0. The zero-order valence-corrected chi connectivity index (χ0v) is 42.9. The Hall–Kier alpha value is -8.07. The van der Waals surface area contributed by atoms with Crippen molar-refractivity contribution in [3.05, 3.63) is 195 Å². The molecule has 0 saturated heterocycles. The van der Waals surface area contributed by atoms with E-state index in [4.69, 9.17) is 0 Å². The van der Waals surface area contributed by atoms with Crippen LogP contribution in [-0.2, 0) is 72.7 Å². The summed E-state index contributed by atoms with van der Waals surface area (Å²) in [7, 11) is 3.30. The first-order chi connectivity index (χ1) is 36.5. The Bertz CT molecular complexity index is 3160. The Balaban J connectivity index is 0.000000130. The van der Waals surface area contributed by atoms with Gasteiger partial charge in [-0.15, -0.1) is 0 Å². The number of halogens is 3. The van der Waals surface area contributed by atoms with E-state index in [0.717, 1.165) is 50.5 Å². The maximum Gasteiger partial charge on any atom is 0.231 e. The molecule has 3 heterocycles. The van der Waals surface area contributed by atoms with E-state index in [0.29, 0.717) is 40.7 Å². The van der Waals surface area contributed by atoms with Crippen LogP contribution in [0.1, 0.15) is 95.0 Å². The number of hydrogen-bond acceptors (Lipinski definition) is 6. The number of nitrogens with one attached hydrogen (secondary N) is 4. The zero-order valence-electron chi connectivity index (χ0n) is 42.9. The number of carbonyl (C=O) groups is 6. The maximum atomic E-state index is 13.7. The van der Waals surface area contributed by atoms with Crippen molar-refractivity contribution in [3.8, 4) is 0 Å². The van der Waals surface area contributed by atoms with E-state index in [2.05, 4.69) is 57.7 Å². The summed E-state index contributed by atoms with van der Waals surface area (Å²) in [6.45, 7) is 3.76. The molecule has 0 aromatic heterocycles. The molecule has 3 atom stereocenters. The van der Waals surface area contributed by atoms with Crippen molar-refractivity contribution in [2.24, 2.45) is 0 Å². The van der Waals surface area contributed by atoms with Crippen LogP contribution in [0.2, 0.25) is 0 Å². The molecule has 3 aliphatic heterocycles. The number of amides is 6. The largest absolute Gasteiger partial charge is 0.355 e. The molecule has 76 heavy (non-hydrogen) atoms. The fourth-order valence-electron chi connectivity index (χ4n) is 11.4. The second-order valence-electron chi connectivity index (χ2n) is 20.8. The minimum absolute atomic E-state index is 0.0235. The van der Waals surface area contributed by atoms with Crippen molar-refractivity contribution < 1.29 is 41.9 Å². The first kappa shape index (κ1) is 52.8. The van der Waals surface area contributed by atoms with E-state index in [1.807, 2.05) is 43.3 Å². The van der Waals surface area contributed by atoms with Crippen LogP contribution >= 0.6 is 0 Å². The molecule has 0 saturated carbocycles. The number of benzene rings is 6. The summed E-state index contributed by atoms with van der Waals surface area (Å²) in [5.41, 5.74) is 10.7. The third-order valence-electron chi connectivity index (χ3n) is 15.5. The van der Waals surface area contributed by atoms with Crippen LogP contribution < -0.4 is 31.1 Å². The third kappa shape index (κ3) is 11.4. The average Bonchev–Trinajstić information content (AvgIpc) is 4.15. The van der Waals surface area contributed by atoms with Crippen LogP contribution in [0.4, 0.5) is 30.2 Å². The van der Waals surface area contributed by atoms with Gasteiger partial charge in [0.05, 0.1) is 17.0 Å². The quantitative estimate of drug-likeness (QED) is 0.123. The molecule has 12 rings (SSSR count). The van der Waals surface area contributed by atoms with Crippen LogP contribution in [0.3, 0.4) is 0 Å². The summed E-state index contributed by atoms with van der Waals surface area (Å²) in [4.78, 5) is 74.8. The van der Waals surface area contributed by atoms with Crippen LogP contribution in [0.25, 0.3) is 0 Å². The Morgan fingerprint density at radius 2 is 1.04 bits per heavy atom. The summed E-state index contributed by atoms with van der Waals surface area (Å²) in [5, 5.41) is 11.6. The van der Waals surface area contributed by atoms with Gasteiger partial charge in [-0.25, -0.2) is 13.2 Å². The van der Waals surface area contributed by atoms with Gasteiger partial charge in [0.25, 0.3) is 0 Å². The van der Waals surface area contributed by atoms with Gasteiger partial charge in [-0.05, 0) is 138 Å². The second kappa shape index (κ2) is 22.4. The SMILES string of the molecule is CC1CC(=O)N(C)c2cc(F)ccc21.CN1C(=O)CC(C)(C(=O)NC2Cc3ccccc3C2)c2ccc(F)cc21.O=C1CC(C(=O)NC2Cc3ccccc3C2)c2ccc(F)cc2N1.O=CNC1Cc2ccccc2C1.